The summed E-state index contributed by atoms with van der Waals surface area (Å²) in [4.78, 5) is 28.5. The van der Waals surface area contributed by atoms with E-state index in [-0.39, 0.29) is 11.5 Å². The highest BCUT2D eigenvalue weighted by Gasteiger charge is 2.19. The first kappa shape index (κ1) is 17.4. The van der Waals surface area contributed by atoms with Crippen LogP contribution in [0.1, 0.15) is 48.0 Å². The van der Waals surface area contributed by atoms with Gasteiger partial charge in [0, 0.05) is 30.5 Å². The number of H-pyrrole nitrogens is 1. The Kier molecular flexibility index (Phi) is 5.66. The van der Waals surface area contributed by atoms with Crippen LogP contribution in [-0.2, 0) is 6.54 Å². The monoisotopic (exact) mass is 339 g/mol. The van der Waals surface area contributed by atoms with Gasteiger partial charge in [-0.3, -0.25) is 14.5 Å². The molecule has 0 spiro atoms. The minimum absolute atomic E-state index is 0.217. The van der Waals surface area contributed by atoms with Crippen molar-refractivity contribution in [3.05, 3.63) is 64.1 Å². The lowest BCUT2D eigenvalue weighted by Gasteiger charge is -2.31. The van der Waals surface area contributed by atoms with Crippen molar-refractivity contribution in [3.63, 3.8) is 0 Å². The molecule has 0 atom stereocenters. The molecule has 2 N–H and O–H groups in total. The Labute approximate surface area is 148 Å². The first-order valence-corrected chi connectivity index (χ1v) is 8.92. The number of para-hydroxylation sites is 1. The summed E-state index contributed by atoms with van der Waals surface area (Å²) < 4.78 is 0. The highest BCUT2D eigenvalue weighted by atomic mass is 16.1. The van der Waals surface area contributed by atoms with Crippen LogP contribution in [0.5, 0.6) is 0 Å². The third-order valence-corrected chi connectivity index (χ3v) is 4.93. The van der Waals surface area contributed by atoms with E-state index < -0.39 is 0 Å². The number of benzene rings is 1. The zero-order valence-electron chi connectivity index (χ0n) is 14.6. The SMILES string of the molecule is CN(Cc1ccccc1NC(=O)c1ccc(=O)[nH]c1)C1CCCCC1. The second kappa shape index (κ2) is 8.12. The molecule has 1 aromatic heterocycles. The normalized spacial score (nSPS) is 15.3. The lowest BCUT2D eigenvalue weighted by molar-refractivity contribution is 0.102. The van der Waals surface area contributed by atoms with Crippen LogP contribution in [0.3, 0.4) is 0 Å². The van der Waals surface area contributed by atoms with E-state index in [1.165, 1.54) is 50.4 Å². The molecule has 0 unspecified atom stereocenters. The van der Waals surface area contributed by atoms with Crippen molar-refractivity contribution in [2.24, 2.45) is 0 Å². The Hall–Kier alpha value is -2.40. The van der Waals surface area contributed by atoms with Crippen LogP contribution < -0.4 is 10.9 Å². The molecule has 1 fully saturated rings. The van der Waals surface area contributed by atoms with Crippen molar-refractivity contribution in [2.75, 3.05) is 12.4 Å². The molecule has 5 nitrogen and oxygen atoms in total. The van der Waals surface area contributed by atoms with Crippen molar-refractivity contribution in [3.8, 4) is 0 Å². The Morgan fingerprint density at radius 2 is 1.92 bits per heavy atom. The molecular weight excluding hydrogens is 314 g/mol. The lowest BCUT2D eigenvalue weighted by Crippen LogP contribution is -2.33. The molecule has 0 saturated heterocycles. The zero-order valence-corrected chi connectivity index (χ0v) is 14.6. The molecule has 5 heteroatoms. The molecule has 1 saturated carbocycles. The van der Waals surface area contributed by atoms with Gasteiger partial charge in [0.2, 0.25) is 5.56 Å². The number of pyridine rings is 1. The van der Waals surface area contributed by atoms with E-state index in [1.54, 1.807) is 0 Å². The fourth-order valence-electron chi connectivity index (χ4n) is 3.45. The number of nitrogens with one attached hydrogen (secondary N) is 2. The van der Waals surface area contributed by atoms with Gasteiger partial charge in [0.15, 0.2) is 0 Å². The van der Waals surface area contributed by atoms with Gasteiger partial charge in [0.05, 0.1) is 5.56 Å². The summed E-state index contributed by atoms with van der Waals surface area (Å²) in [5.41, 5.74) is 2.15. The van der Waals surface area contributed by atoms with Crippen LogP contribution in [-0.4, -0.2) is 28.9 Å². The summed E-state index contributed by atoms with van der Waals surface area (Å²) >= 11 is 0. The van der Waals surface area contributed by atoms with Gasteiger partial charge in [-0.15, -0.1) is 0 Å². The molecule has 1 aromatic carbocycles. The van der Waals surface area contributed by atoms with Gasteiger partial charge in [-0.2, -0.15) is 0 Å². The summed E-state index contributed by atoms with van der Waals surface area (Å²) in [6, 6.07) is 11.4. The van der Waals surface area contributed by atoms with E-state index in [2.05, 4.69) is 28.3 Å². The maximum absolute atomic E-state index is 12.4. The third kappa shape index (κ3) is 4.57. The smallest absolute Gasteiger partial charge is 0.257 e. The highest BCUT2D eigenvalue weighted by Crippen LogP contribution is 2.25. The average molecular weight is 339 g/mol. The van der Waals surface area contributed by atoms with Crippen molar-refractivity contribution < 1.29 is 4.79 Å². The Morgan fingerprint density at radius 3 is 2.64 bits per heavy atom. The van der Waals surface area contributed by atoms with Crippen molar-refractivity contribution in [2.45, 2.75) is 44.7 Å². The predicted molar refractivity (Wildman–Crippen MR) is 99.8 cm³/mol. The molecule has 0 bridgehead atoms. The van der Waals surface area contributed by atoms with Crippen molar-refractivity contribution in [1.82, 2.24) is 9.88 Å². The van der Waals surface area contributed by atoms with Gasteiger partial charge in [-0.1, -0.05) is 37.5 Å². The summed E-state index contributed by atoms with van der Waals surface area (Å²) in [5.74, 6) is -0.219. The molecule has 1 amide bonds. The van der Waals surface area contributed by atoms with E-state index in [4.69, 9.17) is 0 Å². The van der Waals surface area contributed by atoms with Gasteiger partial charge in [0.1, 0.15) is 0 Å². The van der Waals surface area contributed by atoms with Crippen LogP contribution in [0.15, 0.2) is 47.4 Å². The molecule has 25 heavy (non-hydrogen) atoms. The number of hydrogen-bond acceptors (Lipinski definition) is 3. The number of nitrogens with zero attached hydrogens (tertiary/aromatic N) is 1. The number of anilines is 1. The number of amides is 1. The number of aromatic nitrogens is 1. The highest BCUT2D eigenvalue weighted by molar-refractivity contribution is 6.04. The Balaban J connectivity index is 1.70. The van der Waals surface area contributed by atoms with Crippen LogP contribution in [0.4, 0.5) is 5.69 Å². The largest absolute Gasteiger partial charge is 0.328 e. The molecule has 132 valence electrons. The van der Waals surface area contributed by atoms with Crippen molar-refractivity contribution in [1.29, 1.82) is 0 Å². The molecule has 0 aliphatic heterocycles. The maximum Gasteiger partial charge on any atom is 0.257 e. The molecule has 0 radical (unpaired) electrons. The third-order valence-electron chi connectivity index (χ3n) is 4.93. The molecule has 3 rings (SSSR count). The molecule has 1 aliphatic carbocycles. The van der Waals surface area contributed by atoms with Gasteiger partial charge in [-0.25, -0.2) is 0 Å². The summed E-state index contributed by atoms with van der Waals surface area (Å²) in [6.45, 7) is 0.812. The fourth-order valence-corrected chi connectivity index (χ4v) is 3.45. The van der Waals surface area contributed by atoms with Gasteiger partial charge in [-0.05, 0) is 37.6 Å². The number of aromatic amines is 1. The van der Waals surface area contributed by atoms with Gasteiger partial charge >= 0.3 is 0 Å². The number of hydrogen-bond donors (Lipinski definition) is 2. The van der Waals surface area contributed by atoms with E-state index in [0.29, 0.717) is 11.6 Å². The van der Waals surface area contributed by atoms with E-state index in [1.807, 2.05) is 18.2 Å². The Morgan fingerprint density at radius 1 is 1.16 bits per heavy atom. The maximum atomic E-state index is 12.4. The lowest BCUT2D eigenvalue weighted by atomic mass is 9.94. The summed E-state index contributed by atoms with van der Waals surface area (Å²) in [5, 5.41) is 2.97. The number of rotatable bonds is 5. The van der Waals surface area contributed by atoms with Crippen LogP contribution in [0, 0.1) is 0 Å². The first-order chi connectivity index (χ1) is 12.1. The first-order valence-electron chi connectivity index (χ1n) is 8.92. The fraction of sp³-hybridized carbons (Fsp3) is 0.400. The molecule has 1 aliphatic rings. The van der Waals surface area contributed by atoms with E-state index >= 15 is 0 Å². The zero-order chi connectivity index (χ0) is 17.6. The minimum atomic E-state index is -0.219. The number of carbonyl (C=O) groups excluding carboxylic acids is 1. The average Bonchev–Trinajstić information content (AvgIpc) is 2.64. The molecule has 2 aromatic rings. The molecule has 1 heterocycles. The standard InChI is InChI=1S/C20H25N3O2/c1-23(17-8-3-2-4-9-17)14-16-7-5-6-10-18(16)22-20(25)15-11-12-19(24)21-13-15/h5-7,10-13,17H,2-4,8-9,14H2,1H3,(H,21,24)(H,22,25). The number of carbonyl (C=O) groups is 1. The van der Waals surface area contributed by atoms with Gasteiger partial charge in [0.25, 0.3) is 5.91 Å². The minimum Gasteiger partial charge on any atom is -0.328 e. The Bertz CT molecular complexity index is 758. The summed E-state index contributed by atoms with van der Waals surface area (Å²) in [6.07, 6.45) is 7.90. The summed E-state index contributed by atoms with van der Waals surface area (Å²) in [7, 11) is 2.16. The van der Waals surface area contributed by atoms with E-state index in [0.717, 1.165) is 17.8 Å². The quantitative estimate of drug-likeness (QED) is 0.877. The van der Waals surface area contributed by atoms with Gasteiger partial charge < -0.3 is 10.3 Å². The van der Waals surface area contributed by atoms with Crippen LogP contribution in [0.25, 0.3) is 0 Å². The topological polar surface area (TPSA) is 65.2 Å². The van der Waals surface area contributed by atoms with Crippen molar-refractivity contribution >= 4 is 11.6 Å². The second-order valence-corrected chi connectivity index (χ2v) is 6.76. The van der Waals surface area contributed by atoms with E-state index in [9.17, 15) is 9.59 Å². The predicted octanol–water partition coefficient (Wildman–Crippen LogP) is 3.39. The van der Waals surface area contributed by atoms with Crippen LogP contribution in [0.2, 0.25) is 0 Å². The second-order valence-electron chi connectivity index (χ2n) is 6.76. The molecular formula is C20H25N3O2. The van der Waals surface area contributed by atoms with Crippen LogP contribution >= 0.6 is 0 Å².